The molecule has 0 aliphatic carbocycles. The van der Waals surface area contributed by atoms with Crippen LogP contribution < -0.4 is 5.32 Å². The van der Waals surface area contributed by atoms with Gasteiger partial charge in [-0.1, -0.05) is 13.8 Å². The van der Waals surface area contributed by atoms with Crippen molar-refractivity contribution in [3.05, 3.63) is 29.3 Å². The molecule has 0 radical (unpaired) electrons. The van der Waals surface area contributed by atoms with Gasteiger partial charge in [-0.2, -0.15) is 0 Å². The number of hydrogen-bond acceptors (Lipinski definition) is 5. The Morgan fingerprint density at radius 2 is 1.79 bits per heavy atom. The van der Waals surface area contributed by atoms with Gasteiger partial charge in [0.25, 0.3) is 11.8 Å². The first-order chi connectivity index (χ1) is 13.8. The molecular weight excluding hydrogens is 374 g/mol. The van der Waals surface area contributed by atoms with Crippen LogP contribution in [0, 0.1) is 11.8 Å². The Hall–Kier alpha value is -2.90. The van der Waals surface area contributed by atoms with Crippen molar-refractivity contribution in [2.24, 2.45) is 11.8 Å². The number of benzene rings is 1. The maximum Gasteiger partial charge on any atom is 0.321 e. The number of hydrogen-bond donors (Lipinski definition) is 1. The van der Waals surface area contributed by atoms with Gasteiger partial charge in [0.1, 0.15) is 0 Å². The minimum atomic E-state index is -0.329. The van der Waals surface area contributed by atoms with Gasteiger partial charge in [0, 0.05) is 25.3 Å². The molecule has 0 saturated carbocycles. The highest BCUT2D eigenvalue weighted by Crippen LogP contribution is 2.27. The number of imide groups is 1. The van der Waals surface area contributed by atoms with Gasteiger partial charge in [-0.05, 0) is 43.9 Å². The van der Waals surface area contributed by atoms with E-state index < -0.39 is 0 Å². The number of likely N-dealkylation sites (tertiary alicyclic amines) is 1. The lowest BCUT2D eigenvalue weighted by molar-refractivity contribution is -0.149. The van der Waals surface area contributed by atoms with Crippen LogP contribution in [-0.4, -0.2) is 59.9 Å². The Balaban J connectivity index is 1.62. The molecule has 0 aromatic heterocycles. The Kier molecular flexibility index (Phi) is 6.20. The van der Waals surface area contributed by atoms with Gasteiger partial charge in [-0.3, -0.25) is 19.3 Å². The predicted octanol–water partition coefficient (Wildman–Crippen LogP) is 2.75. The molecule has 0 spiro atoms. The molecule has 1 aromatic rings. The number of ether oxygens (including phenoxy) is 1. The third-order valence-corrected chi connectivity index (χ3v) is 5.17. The molecule has 0 atom stereocenters. The fourth-order valence-electron chi connectivity index (χ4n) is 3.68. The normalized spacial score (nSPS) is 17.0. The Morgan fingerprint density at radius 3 is 2.41 bits per heavy atom. The van der Waals surface area contributed by atoms with Gasteiger partial charge in [-0.15, -0.1) is 0 Å². The number of nitrogens with zero attached hydrogens (tertiary/aromatic N) is 2. The number of carbonyl (C=O) groups excluding carboxylic acids is 4. The Morgan fingerprint density at radius 1 is 1.14 bits per heavy atom. The SMILES string of the molecule is CCOC(=O)C1CCN(C(=O)Nc2ccc3c(c2)C(=O)N(CC(C)C)C3=O)CC1. The molecule has 2 aliphatic heterocycles. The number of fused-ring (bicyclic) bond motifs is 1. The van der Waals surface area contributed by atoms with Gasteiger partial charge in [-0.25, -0.2) is 4.79 Å². The summed E-state index contributed by atoms with van der Waals surface area (Å²) in [5, 5.41) is 2.79. The average molecular weight is 401 g/mol. The molecular formula is C21H27N3O5. The zero-order valence-electron chi connectivity index (χ0n) is 17.1. The molecule has 0 unspecified atom stereocenters. The van der Waals surface area contributed by atoms with Crippen LogP contribution in [0.15, 0.2) is 18.2 Å². The van der Waals surface area contributed by atoms with Crippen LogP contribution in [0.4, 0.5) is 10.5 Å². The minimum absolute atomic E-state index is 0.172. The molecule has 29 heavy (non-hydrogen) atoms. The van der Waals surface area contributed by atoms with Crippen LogP contribution in [0.25, 0.3) is 0 Å². The smallest absolute Gasteiger partial charge is 0.321 e. The van der Waals surface area contributed by atoms with E-state index in [-0.39, 0.29) is 35.7 Å². The average Bonchev–Trinajstić information content (AvgIpc) is 2.92. The van der Waals surface area contributed by atoms with Gasteiger partial charge in [0.15, 0.2) is 0 Å². The second-order valence-corrected chi connectivity index (χ2v) is 7.82. The molecule has 1 fully saturated rings. The maximum atomic E-state index is 12.6. The lowest BCUT2D eigenvalue weighted by Gasteiger charge is -2.30. The van der Waals surface area contributed by atoms with E-state index in [2.05, 4.69) is 5.32 Å². The number of nitrogens with one attached hydrogen (secondary N) is 1. The zero-order valence-corrected chi connectivity index (χ0v) is 17.1. The molecule has 1 saturated heterocycles. The van der Waals surface area contributed by atoms with E-state index in [9.17, 15) is 19.2 Å². The van der Waals surface area contributed by atoms with Crippen molar-refractivity contribution in [1.29, 1.82) is 0 Å². The first-order valence-corrected chi connectivity index (χ1v) is 10.0. The first kappa shape index (κ1) is 20.8. The van der Waals surface area contributed by atoms with Crippen LogP contribution in [0.2, 0.25) is 0 Å². The van der Waals surface area contributed by atoms with E-state index in [1.165, 1.54) is 4.90 Å². The quantitative estimate of drug-likeness (QED) is 0.605. The van der Waals surface area contributed by atoms with Crippen molar-refractivity contribution in [1.82, 2.24) is 9.80 Å². The van der Waals surface area contributed by atoms with Crippen molar-refractivity contribution < 1.29 is 23.9 Å². The number of esters is 1. The fourth-order valence-corrected chi connectivity index (χ4v) is 3.68. The monoisotopic (exact) mass is 401 g/mol. The summed E-state index contributed by atoms with van der Waals surface area (Å²) in [6, 6.07) is 4.48. The van der Waals surface area contributed by atoms with Crippen molar-refractivity contribution in [3.63, 3.8) is 0 Å². The van der Waals surface area contributed by atoms with Gasteiger partial charge >= 0.3 is 12.0 Å². The highest BCUT2D eigenvalue weighted by atomic mass is 16.5. The number of anilines is 1. The van der Waals surface area contributed by atoms with Gasteiger partial charge in [0.05, 0.1) is 23.7 Å². The van der Waals surface area contributed by atoms with Gasteiger partial charge < -0.3 is 15.0 Å². The zero-order chi connectivity index (χ0) is 21.1. The van der Waals surface area contributed by atoms with E-state index >= 15 is 0 Å². The summed E-state index contributed by atoms with van der Waals surface area (Å²) >= 11 is 0. The van der Waals surface area contributed by atoms with Crippen LogP contribution in [0.3, 0.4) is 0 Å². The molecule has 3 rings (SSSR count). The predicted molar refractivity (Wildman–Crippen MR) is 107 cm³/mol. The molecule has 1 N–H and O–H groups in total. The van der Waals surface area contributed by atoms with Crippen LogP contribution in [-0.2, 0) is 9.53 Å². The number of amides is 4. The number of urea groups is 1. The summed E-state index contributed by atoms with van der Waals surface area (Å²) in [5.41, 5.74) is 1.15. The summed E-state index contributed by atoms with van der Waals surface area (Å²) in [5.74, 6) is -0.827. The molecule has 4 amide bonds. The fraction of sp³-hybridized carbons (Fsp3) is 0.524. The third-order valence-electron chi connectivity index (χ3n) is 5.17. The van der Waals surface area contributed by atoms with Crippen LogP contribution in [0.5, 0.6) is 0 Å². The standard InChI is InChI=1S/C21H27N3O5/c1-4-29-20(27)14-7-9-23(10-8-14)21(28)22-15-5-6-16-17(11-15)19(26)24(18(16)25)12-13(2)3/h5-6,11,13-14H,4,7-10,12H2,1-3H3,(H,22,28). The van der Waals surface area contributed by atoms with Crippen LogP contribution in [0.1, 0.15) is 54.3 Å². The highest BCUT2D eigenvalue weighted by molar-refractivity contribution is 6.21. The summed E-state index contributed by atoms with van der Waals surface area (Å²) in [7, 11) is 0. The van der Waals surface area contributed by atoms with Gasteiger partial charge in [0.2, 0.25) is 0 Å². The van der Waals surface area contributed by atoms with Crippen LogP contribution >= 0.6 is 0 Å². The molecule has 156 valence electrons. The first-order valence-electron chi connectivity index (χ1n) is 10.0. The van der Waals surface area contributed by atoms with Crippen molar-refractivity contribution >= 4 is 29.5 Å². The lowest BCUT2D eigenvalue weighted by Crippen LogP contribution is -2.42. The second kappa shape index (κ2) is 8.63. The second-order valence-electron chi connectivity index (χ2n) is 7.82. The van der Waals surface area contributed by atoms with E-state index in [0.717, 1.165) is 0 Å². The molecule has 0 bridgehead atoms. The van der Waals surface area contributed by atoms with Crippen molar-refractivity contribution in [3.8, 4) is 0 Å². The summed E-state index contributed by atoms with van der Waals surface area (Å²) in [6.07, 6.45) is 1.13. The van der Waals surface area contributed by atoms with E-state index in [4.69, 9.17) is 4.74 Å². The number of rotatable bonds is 5. The van der Waals surface area contributed by atoms with Crippen molar-refractivity contribution in [2.75, 3.05) is 31.6 Å². The maximum absolute atomic E-state index is 12.6. The highest BCUT2D eigenvalue weighted by Gasteiger charge is 2.36. The molecule has 2 aliphatic rings. The Labute approximate surface area is 170 Å². The number of carbonyl (C=O) groups is 4. The summed E-state index contributed by atoms with van der Waals surface area (Å²) in [6.45, 7) is 7.30. The topological polar surface area (TPSA) is 96.0 Å². The molecule has 8 heteroatoms. The largest absolute Gasteiger partial charge is 0.466 e. The molecule has 1 aromatic carbocycles. The molecule has 2 heterocycles. The lowest BCUT2D eigenvalue weighted by atomic mass is 9.97. The molecule has 8 nitrogen and oxygen atoms in total. The minimum Gasteiger partial charge on any atom is -0.466 e. The van der Waals surface area contributed by atoms with Crippen molar-refractivity contribution in [2.45, 2.75) is 33.6 Å². The van der Waals surface area contributed by atoms with E-state index in [1.807, 2.05) is 13.8 Å². The summed E-state index contributed by atoms with van der Waals surface area (Å²) in [4.78, 5) is 52.3. The number of piperidine rings is 1. The third kappa shape index (κ3) is 4.41. The summed E-state index contributed by atoms with van der Waals surface area (Å²) < 4.78 is 5.05. The van der Waals surface area contributed by atoms with E-state index in [1.54, 1.807) is 30.0 Å². The van der Waals surface area contributed by atoms with E-state index in [0.29, 0.717) is 55.9 Å². The Bertz CT molecular complexity index is 828.